The van der Waals surface area contributed by atoms with Crippen molar-refractivity contribution in [1.29, 1.82) is 0 Å². The second kappa shape index (κ2) is 1.84. The summed E-state index contributed by atoms with van der Waals surface area (Å²) in [5.41, 5.74) is 0. The maximum absolute atomic E-state index is 10.6. The van der Waals surface area contributed by atoms with Crippen LogP contribution in [0.5, 0.6) is 0 Å². The first kappa shape index (κ1) is 5.72. The molecule has 1 amide bonds. The van der Waals surface area contributed by atoms with Crippen molar-refractivity contribution in [2.45, 2.75) is 12.8 Å². The molecule has 0 aromatic carbocycles. The molecule has 46 valence electrons. The number of rotatable bonds is 1. The minimum atomic E-state index is -0.285. The minimum absolute atomic E-state index is 0.104. The average molecular weight is 115 g/mol. The first-order valence-corrected chi connectivity index (χ1v) is 2.76. The highest BCUT2D eigenvalue weighted by molar-refractivity contribution is 5.72. The lowest BCUT2D eigenvalue weighted by Crippen LogP contribution is -3.07. The largest absolute Gasteiger partial charge is 0.627 e. The van der Waals surface area contributed by atoms with Crippen molar-refractivity contribution >= 4 is 5.91 Å². The van der Waals surface area contributed by atoms with E-state index in [1.165, 1.54) is 7.05 Å². The normalized spacial score (nSPS) is 22.8. The summed E-state index contributed by atoms with van der Waals surface area (Å²) in [5, 5.41) is 9.99. The molecule has 3 nitrogen and oxygen atoms in total. The van der Waals surface area contributed by atoms with Gasteiger partial charge in [-0.05, 0) is 12.8 Å². The van der Waals surface area contributed by atoms with Gasteiger partial charge in [0.25, 0.3) is 0 Å². The Bertz CT molecular complexity index is 103. The fourth-order valence-corrected chi connectivity index (χ4v) is 0.633. The summed E-state index contributed by atoms with van der Waals surface area (Å²) < 4.78 is 0. The van der Waals surface area contributed by atoms with Crippen molar-refractivity contribution in [1.82, 2.24) is 0 Å². The van der Waals surface area contributed by atoms with Gasteiger partial charge in [-0.25, -0.2) is 4.79 Å². The molecular formula is C5H9NO2. The molecule has 8 heavy (non-hydrogen) atoms. The number of hydrogen-bond donors (Lipinski definition) is 1. The van der Waals surface area contributed by atoms with Crippen molar-refractivity contribution in [3.05, 3.63) is 5.21 Å². The van der Waals surface area contributed by atoms with E-state index < -0.39 is 0 Å². The second-order valence-corrected chi connectivity index (χ2v) is 2.19. The van der Waals surface area contributed by atoms with E-state index in [1.807, 2.05) is 0 Å². The smallest absolute Gasteiger partial charge is 0.314 e. The fraction of sp³-hybridized carbons (Fsp3) is 0.800. The van der Waals surface area contributed by atoms with Crippen LogP contribution in [-0.2, 0) is 4.79 Å². The van der Waals surface area contributed by atoms with Crippen molar-refractivity contribution in [2.75, 3.05) is 7.05 Å². The monoisotopic (exact) mass is 115 g/mol. The maximum Gasteiger partial charge on any atom is 0.314 e. The molecule has 1 unspecified atom stereocenters. The van der Waals surface area contributed by atoms with E-state index in [-0.39, 0.29) is 16.9 Å². The second-order valence-electron chi connectivity index (χ2n) is 2.19. The van der Waals surface area contributed by atoms with Crippen LogP contribution in [0.4, 0.5) is 0 Å². The average Bonchev–Trinajstić information content (AvgIpc) is 2.43. The number of amides is 1. The Morgan fingerprint density at radius 1 is 1.75 bits per heavy atom. The first-order valence-electron chi connectivity index (χ1n) is 2.76. The zero-order chi connectivity index (χ0) is 6.15. The molecule has 1 aliphatic carbocycles. The van der Waals surface area contributed by atoms with Crippen LogP contribution in [0.2, 0.25) is 0 Å². The molecule has 0 spiro atoms. The first-order chi connectivity index (χ1) is 3.72. The third-order valence-electron chi connectivity index (χ3n) is 1.30. The topological polar surface area (TPSA) is 44.6 Å². The standard InChI is InChI=1S/C5H9NO2/c1-6(8)5(7)4-2-3-4/h4,6H,2-3H2,1H3. The van der Waals surface area contributed by atoms with Gasteiger partial charge in [0.1, 0.15) is 0 Å². The quantitative estimate of drug-likeness (QED) is 0.442. The van der Waals surface area contributed by atoms with Gasteiger partial charge >= 0.3 is 5.91 Å². The van der Waals surface area contributed by atoms with Crippen LogP contribution >= 0.6 is 0 Å². The van der Waals surface area contributed by atoms with Crippen LogP contribution in [0.15, 0.2) is 0 Å². The van der Waals surface area contributed by atoms with E-state index in [0.717, 1.165) is 12.8 Å². The molecule has 0 aromatic rings. The van der Waals surface area contributed by atoms with Crippen LogP contribution in [0.25, 0.3) is 0 Å². The van der Waals surface area contributed by atoms with Crippen LogP contribution in [0.3, 0.4) is 0 Å². The molecular weight excluding hydrogens is 106 g/mol. The Morgan fingerprint density at radius 3 is 2.38 bits per heavy atom. The number of nitrogens with one attached hydrogen (secondary N) is 1. The van der Waals surface area contributed by atoms with Gasteiger partial charge in [-0.15, -0.1) is 0 Å². The van der Waals surface area contributed by atoms with Gasteiger partial charge < -0.3 is 10.3 Å². The molecule has 0 radical (unpaired) electrons. The Hall–Kier alpha value is -0.410. The predicted molar refractivity (Wildman–Crippen MR) is 28.0 cm³/mol. The molecule has 0 aliphatic heterocycles. The number of hydrogen-bond acceptors (Lipinski definition) is 2. The van der Waals surface area contributed by atoms with Gasteiger partial charge in [-0.3, -0.25) is 0 Å². The molecule has 1 fully saturated rings. The summed E-state index contributed by atoms with van der Waals surface area (Å²) in [4.78, 5) is 10.6. The Morgan fingerprint density at radius 2 is 2.25 bits per heavy atom. The van der Waals surface area contributed by atoms with Gasteiger partial charge in [-0.2, -0.15) is 0 Å². The number of quaternary nitrogens is 1. The van der Waals surface area contributed by atoms with E-state index in [9.17, 15) is 10.0 Å². The molecule has 1 rings (SSSR count). The summed E-state index contributed by atoms with van der Waals surface area (Å²) >= 11 is 0. The highest BCUT2D eigenvalue weighted by Crippen LogP contribution is 2.27. The van der Waals surface area contributed by atoms with Crippen LogP contribution in [0.1, 0.15) is 12.8 Å². The maximum atomic E-state index is 10.6. The van der Waals surface area contributed by atoms with Gasteiger partial charge in [0.15, 0.2) is 0 Å². The minimum Gasteiger partial charge on any atom is -0.627 e. The summed E-state index contributed by atoms with van der Waals surface area (Å²) in [6, 6.07) is 0. The summed E-state index contributed by atoms with van der Waals surface area (Å²) in [7, 11) is 1.33. The van der Waals surface area contributed by atoms with E-state index in [4.69, 9.17) is 0 Å². The Labute approximate surface area is 47.9 Å². The van der Waals surface area contributed by atoms with E-state index in [0.29, 0.717) is 0 Å². The third kappa shape index (κ3) is 1.05. The summed E-state index contributed by atoms with van der Waals surface area (Å²) in [6.45, 7) is 0. The van der Waals surface area contributed by atoms with Gasteiger partial charge in [0, 0.05) is 0 Å². The molecule has 3 heteroatoms. The van der Waals surface area contributed by atoms with Crippen molar-refractivity contribution in [3.63, 3.8) is 0 Å². The van der Waals surface area contributed by atoms with Crippen molar-refractivity contribution in [2.24, 2.45) is 5.92 Å². The Kier molecular flexibility index (Phi) is 1.31. The molecule has 1 aliphatic rings. The van der Waals surface area contributed by atoms with Crippen molar-refractivity contribution in [3.8, 4) is 0 Å². The molecule has 1 atom stereocenters. The Balaban J connectivity index is 2.33. The van der Waals surface area contributed by atoms with Gasteiger partial charge in [0.2, 0.25) is 0 Å². The highest BCUT2D eigenvalue weighted by atomic mass is 16.5. The zero-order valence-electron chi connectivity index (χ0n) is 4.81. The molecule has 0 bridgehead atoms. The molecule has 0 heterocycles. The summed E-state index contributed by atoms with van der Waals surface area (Å²) in [5.74, 6) is -0.0718. The van der Waals surface area contributed by atoms with Crippen molar-refractivity contribution < 1.29 is 9.86 Å². The molecule has 1 saturated carbocycles. The molecule has 0 aromatic heterocycles. The summed E-state index contributed by atoms with van der Waals surface area (Å²) in [6.07, 6.45) is 1.86. The number of carbonyl (C=O) groups excluding carboxylic acids is 1. The SMILES string of the molecule is C[NH+]([O-])C(=O)C1CC1. The lowest BCUT2D eigenvalue weighted by atomic mass is 10.4. The van der Waals surface area contributed by atoms with Gasteiger partial charge in [0.05, 0.1) is 13.0 Å². The van der Waals surface area contributed by atoms with Crippen LogP contribution in [-0.4, -0.2) is 13.0 Å². The van der Waals surface area contributed by atoms with Crippen LogP contribution in [0, 0.1) is 11.1 Å². The molecule has 1 N–H and O–H groups in total. The van der Waals surface area contributed by atoms with E-state index >= 15 is 0 Å². The highest BCUT2D eigenvalue weighted by Gasteiger charge is 2.33. The predicted octanol–water partition coefficient (Wildman–Crippen LogP) is -1.06. The fourth-order valence-electron chi connectivity index (χ4n) is 0.633. The lowest BCUT2D eigenvalue weighted by Gasteiger charge is -2.11. The van der Waals surface area contributed by atoms with E-state index in [2.05, 4.69) is 0 Å². The van der Waals surface area contributed by atoms with Crippen LogP contribution < -0.4 is 5.06 Å². The van der Waals surface area contributed by atoms with E-state index in [1.54, 1.807) is 0 Å². The number of carbonyl (C=O) groups is 1. The lowest BCUT2D eigenvalue weighted by molar-refractivity contribution is -0.742. The van der Waals surface area contributed by atoms with Gasteiger partial charge in [-0.1, -0.05) is 0 Å². The number of hydroxylamine groups is 2. The molecule has 0 saturated heterocycles. The third-order valence-corrected chi connectivity index (χ3v) is 1.30. The zero-order valence-corrected chi connectivity index (χ0v) is 4.81.